The summed E-state index contributed by atoms with van der Waals surface area (Å²) in [6.07, 6.45) is 0. The Morgan fingerprint density at radius 3 is 2.46 bits per heavy atom. The van der Waals surface area contributed by atoms with Gasteiger partial charge in [0.15, 0.2) is 6.61 Å². The summed E-state index contributed by atoms with van der Waals surface area (Å²) in [5.41, 5.74) is 0.857. The van der Waals surface area contributed by atoms with Crippen molar-refractivity contribution in [3.8, 4) is 5.75 Å². The van der Waals surface area contributed by atoms with Gasteiger partial charge in [-0.2, -0.15) is 0 Å². The molecule has 136 valence electrons. The second-order valence-electron chi connectivity index (χ2n) is 5.33. The second kappa shape index (κ2) is 8.43. The lowest BCUT2D eigenvalue weighted by Crippen LogP contribution is -2.22. The van der Waals surface area contributed by atoms with Crippen molar-refractivity contribution in [3.05, 3.63) is 57.1 Å². The first-order chi connectivity index (χ1) is 12.3. The molecule has 0 aliphatic rings. The Bertz CT molecular complexity index is 839. The number of nitro benzene ring substituents is 1. The predicted octanol–water partition coefficient (Wildman–Crippen LogP) is 3.36. The Kier molecular flexibility index (Phi) is 6.29. The van der Waals surface area contributed by atoms with Gasteiger partial charge >= 0.3 is 0 Å². The highest BCUT2D eigenvalue weighted by Crippen LogP contribution is 2.27. The summed E-state index contributed by atoms with van der Waals surface area (Å²) in [6, 6.07) is 10.8. The molecule has 0 aliphatic carbocycles. The number of rotatable bonds is 6. The number of nitro groups is 1. The van der Waals surface area contributed by atoms with Crippen LogP contribution in [0.15, 0.2) is 46.9 Å². The lowest BCUT2D eigenvalue weighted by atomic mass is 10.2. The standard InChI is InChI=1S/C17H16BrN3O5/c1-11(22)20(2)12-3-6-14(7-4-12)26-10-17(23)19-16-9-13(21(24)25)5-8-15(16)18/h3-9H,10H2,1-2H3,(H,19,23). The van der Waals surface area contributed by atoms with Gasteiger partial charge in [-0.25, -0.2) is 0 Å². The van der Waals surface area contributed by atoms with Gasteiger partial charge in [0.25, 0.3) is 11.6 Å². The average Bonchev–Trinajstić information content (AvgIpc) is 2.61. The van der Waals surface area contributed by atoms with Crippen LogP contribution >= 0.6 is 15.9 Å². The van der Waals surface area contributed by atoms with Gasteiger partial charge in [-0.15, -0.1) is 0 Å². The van der Waals surface area contributed by atoms with Gasteiger partial charge < -0.3 is 15.0 Å². The number of halogens is 1. The van der Waals surface area contributed by atoms with E-state index in [1.54, 1.807) is 31.3 Å². The summed E-state index contributed by atoms with van der Waals surface area (Å²) in [5, 5.41) is 13.4. The molecule has 0 saturated heterocycles. The lowest BCUT2D eigenvalue weighted by molar-refractivity contribution is -0.384. The first kappa shape index (κ1) is 19.4. The van der Waals surface area contributed by atoms with Crippen molar-refractivity contribution in [2.24, 2.45) is 0 Å². The highest BCUT2D eigenvalue weighted by atomic mass is 79.9. The van der Waals surface area contributed by atoms with E-state index < -0.39 is 10.8 Å². The van der Waals surface area contributed by atoms with Crippen molar-refractivity contribution in [1.29, 1.82) is 0 Å². The molecular formula is C17H16BrN3O5. The van der Waals surface area contributed by atoms with Gasteiger partial charge in [-0.3, -0.25) is 19.7 Å². The van der Waals surface area contributed by atoms with Crippen LogP contribution in [0.25, 0.3) is 0 Å². The van der Waals surface area contributed by atoms with Gasteiger partial charge in [0.2, 0.25) is 5.91 Å². The smallest absolute Gasteiger partial charge is 0.271 e. The number of benzene rings is 2. The number of amides is 2. The van der Waals surface area contributed by atoms with Gasteiger partial charge in [-0.1, -0.05) is 0 Å². The molecule has 2 aromatic carbocycles. The van der Waals surface area contributed by atoms with Crippen LogP contribution in [0.5, 0.6) is 5.75 Å². The van der Waals surface area contributed by atoms with Crippen molar-refractivity contribution in [3.63, 3.8) is 0 Å². The summed E-state index contributed by atoms with van der Waals surface area (Å²) < 4.78 is 5.91. The Morgan fingerprint density at radius 2 is 1.88 bits per heavy atom. The zero-order valence-corrected chi connectivity index (χ0v) is 15.6. The SMILES string of the molecule is CC(=O)N(C)c1ccc(OCC(=O)Nc2cc([N+](=O)[O-])ccc2Br)cc1. The lowest BCUT2D eigenvalue weighted by Gasteiger charge is -2.15. The van der Waals surface area contributed by atoms with E-state index in [-0.39, 0.29) is 23.9 Å². The van der Waals surface area contributed by atoms with E-state index in [9.17, 15) is 19.7 Å². The zero-order chi connectivity index (χ0) is 19.3. The number of non-ortho nitro benzene ring substituents is 1. The molecule has 8 nitrogen and oxygen atoms in total. The molecule has 2 rings (SSSR count). The number of anilines is 2. The molecule has 0 radical (unpaired) electrons. The van der Waals surface area contributed by atoms with Crippen molar-refractivity contribution in [1.82, 2.24) is 0 Å². The topological polar surface area (TPSA) is 102 Å². The molecule has 0 bridgehead atoms. The van der Waals surface area contributed by atoms with Crippen molar-refractivity contribution in [2.75, 3.05) is 23.9 Å². The molecule has 0 saturated carbocycles. The minimum absolute atomic E-state index is 0.0967. The fourth-order valence-electron chi connectivity index (χ4n) is 2.01. The van der Waals surface area contributed by atoms with Crippen LogP contribution in [0.2, 0.25) is 0 Å². The maximum atomic E-state index is 12.0. The summed E-state index contributed by atoms with van der Waals surface area (Å²) in [4.78, 5) is 35.1. The number of hydrogen-bond acceptors (Lipinski definition) is 5. The normalized spacial score (nSPS) is 10.1. The third kappa shape index (κ3) is 5.03. The minimum atomic E-state index is -0.543. The van der Waals surface area contributed by atoms with E-state index in [0.717, 1.165) is 0 Å². The maximum Gasteiger partial charge on any atom is 0.271 e. The molecule has 0 heterocycles. The van der Waals surface area contributed by atoms with Gasteiger partial charge in [-0.05, 0) is 46.3 Å². The molecule has 0 aromatic heterocycles. The number of nitrogens with one attached hydrogen (secondary N) is 1. The number of hydrogen-bond donors (Lipinski definition) is 1. The summed E-state index contributed by atoms with van der Waals surface area (Å²) in [5.74, 6) is -0.101. The van der Waals surface area contributed by atoms with Crippen LogP contribution in [0.1, 0.15) is 6.92 Å². The number of carbonyl (C=O) groups excluding carboxylic acids is 2. The fourth-order valence-corrected chi connectivity index (χ4v) is 2.35. The molecule has 2 aromatic rings. The predicted molar refractivity (Wildman–Crippen MR) is 100 cm³/mol. The highest BCUT2D eigenvalue weighted by Gasteiger charge is 2.12. The number of nitrogens with zero attached hydrogens (tertiary/aromatic N) is 2. The molecule has 26 heavy (non-hydrogen) atoms. The summed E-state index contributed by atoms with van der Waals surface area (Å²) in [6.45, 7) is 1.19. The monoisotopic (exact) mass is 421 g/mol. The second-order valence-corrected chi connectivity index (χ2v) is 6.18. The Labute approximate surface area is 158 Å². The fraction of sp³-hybridized carbons (Fsp3) is 0.176. The van der Waals surface area contributed by atoms with Crippen molar-refractivity contribution < 1.29 is 19.2 Å². The van der Waals surface area contributed by atoms with Crippen LogP contribution in [0, 0.1) is 10.1 Å². The number of ether oxygens (including phenoxy) is 1. The van der Waals surface area contributed by atoms with Crippen LogP contribution in [-0.2, 0) is 9.59 Å². The Balaban J connectivity index is 1.96. The molecule has 0 unspecified atom stereocenters. The first-order valence-electron chi connectivity index (χ1n) is 7.49. The van der Waals surface area contributed by atoms with Crippen molar-refractivity contribution in [2.45, 2.75) is 6.92 Å². The van der Waals surface area contributed by atoms with Gasteiger partial charge in [0.1, 0.15) is 5.75 Å². The van der Waals surface area contributed by atoms with E-state index in [2.05, 4.69) is 21.2 Å². The molecule has 1 N–H and O–H groups in total. The van der Waals surface area contributed by atoms with Crippen molar-refractivity contribution >= 4 is 44.8 Å². The van der Waals surface area contributed by atoms with Gasteiger partial charge in [0, 0.05) is 36.3 Å². The van der Waals surface area contributed by atoms with E-state index >= 15 is 0 Å². The summed E-state index contributed by atoms with van der Waals surface area (Å²) >= 11 is 3.23. The molecule has 0 aliphatic heterocycles. The first-order valence-corrected chi connectivity index (χ1v) is 8.28. The Hall–Kier alpha value is -2.94. The van der Waals surface area contributed by atoms with E-state index in [1.807, 2.05) is 0 Å². The molecule has 0 atom stereocenters. The summed E-state index contributed by atoms with van der Waals surface area (Å²) in [7, 11) is 1.66. The average molecular weight is 422 g/mol. The van der Waals surface area contributed by atoms with Gasteiger partial charge in [0.05, 0.1) is 10.6 Å². The molecule has 0 fully saturated rings. The van der Waals surface area contributed by atoms with Crippen LogP contribution in [0.3, 0.4) is 0 Å². The van der Waals surface area contributed by atoms with Crippen LogP contribution in [0.4, 0.5) is 17.1 Å². The van der Waals surface area contributed by atoms with E-state index in [0.29, 0.717) is 15.9 Å². The highest BCUT2D eigenvalue weighted by molar-refractivity contribution is 9.10. The quantitative estimate of drug-likeness (QED) is 0.568. The number of carbonyl (C=O) groups is 2. The largest absolute Gasteiger partial charge is 0.484 e. The molecular weight excluding hydrogens is 406 g/mol. The van der Waals surface area contributed by atoms with Crippen LogP contribution < -0.4 is 15.0 Å². The van der Waals surface area contributed by atoms with E-state index in [4.69, 9.17) is 4.74 Å². The molecule has 0 spiro atoms. The van der Waals surface area contributed by atoms with E-state index in [1.165, 1.54) is 30.0 Å². The maximum absolute atomic E-state index is 12.0. The minimum Gasteiger partial charge on any atom is -0.484 e. The Morgan fingerprint density at radius 1 is 1.23 bits per heavy atom. The zero-order valence-electron chi connectivity index (χ0n) is 14.1. The van der Waals surface area contributed by atoms with Crippen LogP contribution in [-0.4, -0.2) is 30.4 Å². The molecule has 9 heteroatoms. The molecule has 2 amide bonds. The third-order valence-electron chi connectivity index (χ3n) is 3.50. The third-order valence-corrected chi connectivity index (χ3v) is 4.19.